The van der Waals surface area contributed by atoms with Crippen molar-refractivity contribution in [2.45, 2.75) is 32.0 Å². The average Bonchev–Trinajstić information content (AvgIpc) is 2.99. The number of halogens is 1. The molecule has 0 bridgehead atoms. The summed E-state index contributed by atoms with van der Waals surface area (Å²) in [5.74, 6) is 0.410. The van der Waals surface area contributed by atoms with Gasteiger partial charge in [-0.2, -0.15) is 0 Å². The predicted octanol–water partition coefficient (Wildman–Crippen LogP) is 4.87. The molecule has 0 amide bonds. The van der Waals surface area contributed by atoms with E-state index in [2.05, 4.69) is 31.2 Å². The van der Waals surface area contributed by atoms with E-state index in [0.29, 0.717) is 17.8 Å². The molecule has 0 radical (unpaired) electrons. The van der Waals surface area contributed by atoms with Crippen LogP contribution in [-0.2, 0) is 16.3 Å². The lowest BCUT2D eigenvalue weighted by Gasteiger charge is -2.36. The van der Waals surface area contributed by atoms with Crippen LogP contribution in [0.3, 0.4) is 0 Å². The predicted molar refractivity (Wildman–Crippen MR) is 109 cm³/mol. The molecule has 2 heterocycles. The summed E-state index contributed by atoms with van der Waals surface area (Å²) in [5.41, 5.74) is 1.49. The third-order valence-corrected chi connectivity index (χ3v) is 7.69. The summed E-state index contributed by atoms with van der Waals surface area (Å²) in [7, 11) is -4.59. The Morgan fingerprint density at radius 2 is 2.00 bits per heavy atom. The molecule has 0 fully saturated rings. The van der Waals surface area contributed by atoms with Gasteiger partial charge in [0.2, 0.25) is 0 Å². The Kier molecular flexibility index (Phi) is 5.51. The van der Waals surface area contributed by atoms with E-state index in [0.717, 1.165) is 19.6 Å². The minimum atomic E-state index is -4.59. The van der Waals surface area contributed by atoms with E-state index >= 15 is 0 Å². The Morgan fingerprint density at radius 1 is 1.27 bits per heavy atom. The van der Waals surface area contributed by atoms with Crippen molar-refractivity contribution in [3.8, 4) is 0 Å². The Hall–Kier alpha value is -1.31. The molecule has 1 aromatic carbocycles. The van der Waals surface area contributed by atoms with Gasteiger partial charge in [-0.25, -0.2) is 9.97 Å². The van der Waals surface area contributed by atoms with Gasteiger partial charge in [-0.15, -0.1) is 11.3 Å². The van der Waals surface area contributed by atoms with Gasteiger partial charge >= 0.3 is 7.60 Å². The molecule has 6 nitrogen and oxygen atoms in total. The fourth-order valence-electron chi connectivity index (χ4n) is 3.14. The van der Waals surface area contributed by atoms with E-state index in [1.54, 1.807) is 19.1 Å². The number of nitrogens with zero attached hydrogens (tertiary/aromatic N) is 2. The highest BCUT2D eigenvalue weighted by Crippen LogP contribution is 2.59. The maximum absolute atomic E-state index is 12.7. The summed E-state index contributed by atoms with van der Waals surface area (Å²) in [6, 6.07) is 9.20. The lowest BCUT2D eigenvalue weighted by molar-refractivity contribution is 0.330. The van der Waals surface area contributed by atoms with E-state index < -0.39 is 12.9 Å². The molecule has 3 rings (SSSR count). The number of nitrogens with one attached hydrogen (secondary N) is 1. The van der Waals surface area contributed by atoms with Crippen LogP contribution >= 0.6 is 34.9 Å². The van der Waals surface area contributed by atoms with E-state index in [4.69, 9.17) is 0 Å². The average molecular weight is 456 g/mol. The molecule has 0 aliphatic carbocycles. The second-order valence-corrected chi connectivity index (χ2v) is 10.1. The minimum absolute atomic E-state index is 0.199. The number of fused-ring (bicyclic) bond motifs is 1. The minimum Gasteiger partial charge on any atom is -0.350 e. The lowest BCUT2D eigenvalue weighted by atomic mass is 9.96. The quantitative estimate of drug-likeness (QED) is 0.459. The Labute approximate surface area is 164 Å². The third-order valence-electron chi connectivity index (χ3n) is 4.48. The summed E-state index contributed by atoms with van der Waals surface area (Å²) >= 11 is 4.87. The largest absolute Gasteiger partial charge is 0.355 e. The molecule has 0 aliphatic heterocycles. The zero-order chi connectivity index (χ0) is 18.9. The fraction of sp³-hybridized carbons (Fsp3) is 0.294. The second kappa shape index (κ2) is 7.37. The maximum Gasteiger partial charge on any atom is 0.355 e. The molecular formula is C17H19BrN3O3PS. The van der Waals surface area contributed by atoms with Crippen molar-refractivity contribution in [2.75, 3.05) is 5.32 Å². The number of aromatic nitrogens is 2. The first kappa shape index (κ1) is 19.5. The zero-order valence-corrected chi connectivity index (χ0v) is 17.6. The van der Waals surface area contributed by atoms with E-state index in [9.17, 15) is 14.4 Å². The number of rotatable bonds is 6. The number of thiophene rings is 1. The molecule has 138 valence electrons. The summed E-state index contributed by atoms with van der Waals surface area (Å²) in [5, 5.41) is 2.27. The number of benzene rings is 1. The standard InChI is InChI=1S/C17H19BrN3O3PS/c1-3-11-7-5-6-8-13(11)17(4-2,25(22,23)24)21-15-12-9-14(18)26-16(12)20-10-19-15/h5-10H,3-4H2,1-2H3,(H,19,20,21)(H2,22,23,24). The smallest absolute Gasteiger partial charge is 0.350 e. The number of aryl methyl sites for hydroxylation is 1. The lowest BCUT2D eigenvalue weighted by Crippen LogP contribution is -2.36. The van der Waals surface area contributed by atoms with Crippen LogP contribution in [0.5, 0.6) is 0 Å². The molecule has 2 aromatic heterocycles. The van der Waals surface area contributed by atoms with Crippen molar-refractivity contribution in [2.24, 2.45) is 0 Å². The SMILES string of the molecule is CCc1ccccc1C(CC)(Nc1ncnc2sc(Br)cc12)P(=O)(O)O. The second-order valence-electron chi connectivity index (χ2n) is 5.89. The topological polar surface area (TPSA) is 95.3 Å². The van der Waals surface area contributed by atoms with Crippen LogP contribution in [0.4, 0.5) is 5.82 Å². The highest BCUT2D eigenvalue weighted by atomic mass is 79.9. The molecule has 1 atom stereocenters. The zero-order valence-electron chi connectivity index (χ0n) is 14.3. The normalized spacial score (nSPS) is 14.3. The first-order valence-corrected chi connectivity index (χ1v) is 11.4. The Balaban J connectivity index is 2.23. The Morgan fingerprint density at radius 3 is 2.65 bits per heavy atom. The van der Waals surface area contributed by atoms with E-state index in [-0.39, 0.29) is 6.42 Å². The number of hydrogen-bond donors (Lipinski definition) is 3. The van der Waals surface area contributed by atoms with Crippen molar-refractivity contribution in [1.82, 2.24) is 9.97 Å². The van der Waals surface area contributed by atoms with Crippen molar-refractivity contribution in [1.29, 1.82) is 0 Å². The van der Waals surface area contributed by atoms with Crippen molar-refractivity contribution < 1.29 is 14.4 Å². The third kappa shape index (κ3) is 3.32. The van der Waals surface area contributed by atoms with Gasteiger partial charge in [0.25, 0.3) is 0 Å². The first-order chi connectivity index (χ1) is 12.3. The van der Waals surface area contributed by atoms with E-state index in [1.807, 2.05) is 25.1 Å². The van der Waals surface area contributed by atoms with Crippen LogP contribution in [0.1, 0.15) is 31.4 Å². The van der Waals surface area contributed by atoms with Crippen LogP contribution in [0.2, 0.25) is 0 Å². The van der Waals surface area contributed by atoms with Crippen molar-refractivity contribution in [3.05, 3.63) is 51.6 Å². The first-order valence-electron chi connectivity index (χ1n) is 8.14. The monoisotopic (exact) mass is 455 g/mol. The van der Waals surface area contributed by atoms with Crippen molar-refractivity contribution >= 4 is 50.9 Å². The molecule has 0 saturated heterocycles. The number of anilines is 1. The number of hydrogen-bond acceptors (Lipinski definition) is 5. The van der Waals surface area contributed by atoms with Gasteiger partial charge in [-0.1, -0.05) is 38.1 Å². The molecule has 0 spiro atoms. The fourth-order valence-corrected chi connectivity index (χ4v) is 5.75. The highest BCUT2D eigenvalue weighted by molar-refractivity contribution is 9.11. The summed E-state index contributed by atoms with van der Waals surface area (Å²) in [6.07, 6.45) is 2.27. The van der Waals surface area contributed by atoms with Gasteiger partial charge in [-0.3, -0.25) is 4.57 Å². The molecule has 3 aromatic rings. The van der Waals surface area contributed by atoms with Crippen LogP contribution < -0.4 is 5.32 Å². The summed E-state index contributed by atoms with van der Waals surface area (Å²) < 4.78 is 13.6. The van der Waals surface area contributed by atoms with Gasteiger partial charge in [0, 0.05) is 0 Å². The molecule has 0 aliphatic rings. The molecule has 0 saturated carbocycles. The van der Waals surface area contributed by atoms with Crippen LogP contribution in [0.15, 0.2) is 40.4 Å². The van der Waals surface area contributed by atoms with Crippen LogP contribution in [-0.4, -0.2) is 19.8 Å². The van der Waals surface area contributed by atoms with E-state index in [1.165, 1.54) is 17.7 Å². The van der Waals surface area contributed by atoms with Gasteiger partial charge in [-0.05, 0) is 46.0 Å². The molecule has 3 N–H and O–H groups in total. The molecule has 1 unspecified atom stereocenters. The van der Waals surface area contributed by atoms with Gasteiger partial charge < -0.3 is 15.1 Å². The van der Waals surface area contributed by atoms with Crippen molar-refractivity contribution in [3.63, 3.8) is 0 Å². The van der Waals surface area contributed by atoms with Crippen LogP contribution in [0, 0.1) is 0 Å². The summed E-state index contributed by atoms with van der Waals surface area (Å²) in [4.78, 5) is 29.9. The van der Waals surface area contributed by atoms with Crippen LogP contribution in [0.25, 0.3) is 10.2 Å². The summed E-state index contributed by atoms with van der Waals surface area (Å²) in [6.45, 7) is 3.73. The Bertz CT molecular complexity index is 990. The molecular weight excluding hydrogens is 437 g/mol. The highest BCUT2D eigenvalue weighted by Gasteiger charge is 2.48. The van der Waals surface area contributed by atoms with Gasteiger partial charge in [0.05, 0.1) is 9.17 Å². The molecule has 9 heteroatoms. The van der Waals surface area contributed by atoms with Gasteiger partial charge in [0.1, 0.15) is 17.0 Å². The van der Waals surface area contributed by atoms with Gasteiger partial charge in [0.15, 0.2) is 5.28 Å². The molecule has 26 heavy (non-hydrogen) atoms. The maximum atomic E-state index is 12.7.